The maximum Gasteiger partial charge on any atom is 0.416 e. The molecule has 3 unspecified atom stereocenters. The minimum absolute atomic E-state index is 0.166. The van der Waals surface area contributed by atoms with Crippen molar-refractivity contribution in [3.63, 3.8) is 0 Å². The molecular weight excluding hydrogens is 263 g/mol. The molecular formula is C16H20F3N. The lowest BCUT2D eigenvalue weighted by molar-refractivity contribution is -0.138. The van der Waals surface area contributed by atoms with Gasteiger partial charge in [-0.25, -0.2) is 0 Å². The van der Waals surface area contributed by atoms with E-state index in [1.165, 1.54) is 37.8 Å². The Morgan fingerprint density at radius 1 is 1.10 bits per heavy atom. The third kappa shape index (κ3) is 2.34. The number of rotatable bonds is 3. The van der Waals surface area contributed by atoms with Crippen LogP contribution in [0.25, 0.3) is 0 Å². The number of fused-ring (bicyclic) bond motifs is 1. The lowest BCUT2D eigenvalue weighted by Gasteiger charge is -2.22. The van der Waals surface area contributed by atoms with Gasteiger partial charge in [0.15, 0.2) is 0 Å². The van der Waals surface area contributed by atoms with Crippen molar-refractivity contribution in [1.29, 1.82) is 0 Å². The van der Waals surface area contributed by atoms with Crippen molar-refractivity contribution in [1.82, 2.24) is 5.32 Å². The van der Waals surface area contributed by atoms with Crippen molar-refractivity contribution in [2.24, 2.45) is 17.8 Å². The van der Waals surface area contributed by atoms with Crippen molar-refractivity contribution in [2.75, 3.05) is 7.05 Å². The highest BCUT2D eigenvalue weighted by Gasteiger charge is 2.55. The van der Waals surface area contributed by atoms with E-state index in [1.807, 2.05) is 0 Å². The molecule has 0 radical (unpaired) electrons. The summed E-state index contributed by atoms with van der Waals surface area (Å²) >= 11 is 0. The predicted octanol–water partition coefficient (Wildman–Crippen LogP) is 4.40. The standard InChI is InChI=1S/C16H20F3N/c1-20-15(14-10-6-2-3-7-11(10)14)12-8-4-5-9-13(12)16(17,18)19/h4-5,8-11,14-15,20H,2-3,6-7H2,1H3. The van der Waals surface area contributed by atoms with Gasteiger partial charge < -0.3 is 5.32 Å². The molecule has 2 saturated carbocycles. The van der Waals surface area contributed by atoms with Crippen LogP contribution in [0.3, 0.4) is 0 Å². The molecule has 0 aliphatic heterocycles. The Bertz CT molecular complexity index is 471. The molecule has 110 valence electrons. The first-order chi connectivity index (χ1) is 9.54. The van der Waals surface area contributed by atoms with E-state index in [0.29, 0.717) is 23.3 Å². The number of alkyl halides is 3. The Kier molecular flexibility index (Phi) is 3.53. The molecule has 0 saturated heterocycles. The van der Waals surface area contributed by atoms with Crippen LogP contribution in [0, 0.1) is 17.8 Å². The molecule has 3 atom stereocenters. The minimum atomic E-state index is -4.27. The fraction of sp³-hybridized carbons (Fsp3) is 0.625. The SMILES string of the molecule is CNC(c1ccccc1C(F)(F)F)C1C2CCCCC21. The summed E-state index contributed by atoms with van der Waals surface area (Å²) in [6.07, 6.45) is 0.555. The van der Waals surface area contributed by atoms with Crippen molar-refractivity contribution in [2.45, 2.75) is 37.9 Å². The molecule has 20 heavy (non-hydrogen) atoms. The molecule has 1 N–H and O–H groups in total. The summed E-state index contributed by atoms with van der Waals surface area (Å²) in [6, 6.07) is 5.85. The second kappa shape index (κ2) is 5.06. The van der Waals surface area contributed by atoms with E-state index in [2.05, 4.69) is 5.32 Å². The zero-order valence-corrected chi connectivity index (χ0v) is 11.6. The number of benzene rings is 1. The van der Waals surface area contributed by atoms with E-state index in [-0.39, 0.29) is 6.04 Å². The van der Waals surface area contributed by atoms with Crippen LogP contribution in [0.5, 0.6) is 0 Å². The van der Waals surface area contributed by atoms with Gasteiger partial charge in [-0.05, 0) is 49.3 Å². The average Bonchev–Trinajstić information content (AvgIpc) is 3.14. The number of hydrogen-bond donors (Lipinski definition) is 1. The van der Waals surface area contributed by atoms with Gasteiger partial charge in [-0.2, -0.15) is 13.2 Å². The van der Waals surface area contributed by atoms with Gasteiger partial charge in [0.2, 0.25) is 0 Å². The van der Waals surface area contributed by atoms with Crippen LogP contribution in [0.2, 0.25) is 0 Å². The minimum Gasteiger partial charge on any atom is -0.313 e. The fourth-order valence-electron chi connectivity index (χ4n) is 4.12. The average molecular weight is 283 g/mol. The van der Waals surface area contributed by atoms with Gasteiger partial charge >= 0.3 is 6.18 Å². The summed E-state index contributed by atoms with van der Waals surface area (Å²) in [6.45, 7) is 0. The molecule has 2 fully saturated rings. The first-order valence-electron chi connectivity index (χ1n) is 7.37. The Morgan fingerprint density at radius 3 is 2.25 bits per heavy atom. The molecule has 2 aliphatic carbocycles. The van der Waals surface area contributed by atoms with Crippen LogP contribution in [0.4, 0.5) is 13.2 Å². The van der Waals surface area contributed by atoms with Crippen LogP contribution >= 0.6 is 0 Å². The molecule has 0 heterocycles. The largest absolute Gasteiger partial charge is 0.416 e. The van der Waals surface area contributed by atoms with E-state index < -0.39 is 11.7 Å². The van der Waals surface area contributed by atoms with Gasteiger partial charge in [0.1, 0.15) is 0 Å². The highest BCUT2D eigenvalue weighted by molar-refractivity contribution is 5.34. The quantitative estimate of drug-likeness (QED) is 0.867. The van der Waals surface area contributed by atoms with E-state index >= 15 is 0 Å². The maximum absolute atomic E-state index is 13.2. The number of nitrogens with one attached hydrogen (secondary N) is 1. The van der Waals surface area contributed by atoms with E-state index in [9.17, 15) is 13.2 Å². The Hall–Kier alpha value is -1.03. The normalized spacial score (nSPS) is 30.7. The zero-order chi connectivity index (χ0) is 14.3. The van der Waals surface area contributed by atoms with E-state index in [1.54, 1.807) is 19.2 Å². The highest BCUT2D eigenvalue weighted by Crippen LogP contribution is 2.60. The zero-order valence-electron chi connectivity index (χ0n) is 11.6. The van der Waals surface area contributed by atoms with E-state index in [0.717, 1.165) is 0 Å². The van der Waals surface area contributed by atoms with Gasteiger partial charge in [0.05, 0.1) is 5.56 Å². The molecule has 2 aliphatic rings. The van der Waals surface area contributed by atoms with Gasteiger partial charge in [-0.15, -0.1) is 0 Å². The summed E-state index contributed by atoms with van der Waals surface area (Å²) in [4.78, 5) is 0. The third-order valence-corrected chi connectivity index (χ3v) is 5.02. The Balaban J connectivity index is 1.91. The van der Waals surface area contributed by atoms with Gasteiger partial charge in [-0.1, -0.05) is 31.0 Å². The summed E-state index contributed by atoms with van der Waals surface area (Å²) in [5, 5.41) is 3.15. The first kappa shape index (κ1) is 13.9. The number of hydrogen-bond acceptors (Lipinski definition) is 1. The Morgan fingerprint density at radius 2 is 1.70 bits per heavy atom. The molecule has 0 bridgehead atoms. The van der Waals surface area contributed by atoms with Crippen LogP contribution < -0.4 is 5.32 Å². The van der Waals surface area contributed by atoms with Crippen molar-refractivity contribution in [3.8, 4) is 0 Å². The molecule has 4 heteroatoms. The lowest BCUT2D eigenvalue weighted by Crippen LogP contribution is -2.23. The summed E-state index contributed by atoms with van der Waals surface area (Å²) in [5.74, 6) is 1.64. The van der Waals surface area contributed by atoms with Crippen LogP contribution in [-0.4, -0.2) is 7.05 Å². The fourth-order valence-corrected chi connectivity index (χ4v) is 4.12. The number of halogens is 3. The smallest absolute Gasteiger partial charge is 0.313 e. The van der Waals surface area contributed by atoms with Gasteiger partial charge in [0, 0.05) is 6.04 Å². The highest BCUT2D eigenvalue weighted by atomic mass is 19.4. The molecule has 1 aromatic carbocycles. The van der Waals surface area contributed by atoms with Gasteiger partial charge in [-0.3, -0.25) is 0 Å². The molecule has 0 spiro atoms. The van der Waals surface area contributed by atoms with E-state index in [4.69, 9.17) is 0 Å². The molecule has 1 aromatic rings. The second-order valence-electron chi connectivity index (χ2n) is 6.04. The van der Waals surface area contributed by atoms with Crippen molar-refractivity contribution < 1.29 is 13.2 Å². The molecule has 3 rings (SSSR count). The first-order valence-corrected chi connectivity index (χ1v) is 7.37. The van der Waals surface area contributed by atoms with Crippen molar-refractivity contribution >= 4 is 0 Å². The molecule has 0 aromatic heterocycles. The predicted molar refractivity (Wildman–Crippen MR) is 72.2 cm³/mol. The van der Waals surface area contributed by atoms with Crippen LogP contribution in [0.15, 0.2) is 24.3 Å². The monoisotopic (exact) mass is 283 g/mol. The van der Waals surface area contributed by atoms with Crippen molar-refractivity contribution in [3.05, 3.63) is 35.4 Å². The molecule has 0 amide bonds. The lowest BCUT2D eigenvalue weighted by atomic mass is 9.95. The van der Waals surface area contributed by atoms with Gasteiger partial charge in [0.25, 0.3) is 0 Å². The second-order valence-corrected chi connectivity index (χ2v) is 6.04. The summed E-state index contributed by atoms with van der Waals surface area (Å²) in [7, 11) is 1.78. The van der Waals surface area contributed by atoms with Crippen LogP contribution in [-0.2, 0) is 6.18 Å². The van der Waals surface area contributed by atoms with Crippen LogP contribution in [0.1, 0.15) is 42.9 Å². The summed E-state index contributed by atoms with van der Waals surface area (Å²) < 4.78 is 39.5. The summed E-state index contributed by atoms with van der Waals surface area (Å²) in [5.41, 5.74) is -0.0649. The Labute approximate surface area is 117 Å². The topological polar surface area (TPSA) is 12.0 Å². The molecule has 1 nitrogen and oxygen atoms in total. The third-order valence-electron chi connectivity index (χ3n) is 5.02. The maximum atomic E-state index is 13.2.